The molecule has 0 aliphatic heterocycles. The molecule has 4 heteroatoms. The maximum absolute atomic E-state index is 13.8. The second-order valence-electron chi connectivity index (χ2n) is 4.55. The van der Waals surface area contributed by atoms with Crippen LogP contribution in [0.25, 0.3) is 10.9 Å². The van der Waals surface area contributed by atoms with Crippen molar-refractivity contribution < 1.29 is 4.39 Å². The van der Waals surface area contributed by atoms with E-state index in [0.717, 1.165) is 26.8 Å². The molecule has 0 saturated heterocycles. The van der Waals surface area contributed by atoms with Gasteiger partial charge in [0.05, 0.1) is 11.2 Å². The molecule has 100 valence electrons. The predicted molar refractivity (Wildman–Crippen MR) is 83.9 cm³/mol. The minimum absolute atomic E-state index is 0.273. The van der Waals surface area contributed by atoms with Crippen LogP contribution >= 0.6 is 15.9 Å². The van der Waals surface area contributed by atoms with E-state index in [9.17, 15) is 4.39 Å². The first-order chi connectivity index (χ1) is 9.65. The van der Waals surface area contributed by atoms with Crippen molar-refractivity contribution in [2.75, 3.05) is 5.32 Å². The van der Waals surface area contributed by atoms with Crippen LogP contribution in [0.15, 0.2) is 53.0 Å². The minimum atomic E-state index is -0.273. The number of hydrogen-bond acceptors (Lipinski definition) is 2. The lowest BCUT2D eigenvalue weighted by Gasteiger charge is -2.12. The van der Waals surface area contributed by atoms with Crippen molar-refractivity contribution in [3.8, 4) is 0 Å². The van der Waals surface area contributed by atoms with E-state index in [1.165, 1.54) is 6.07 Å². The number of benzene rings is 2. The zero-order valence-corrected chi connectivity index (χ0v) is 12.4. The van der Waals surface area contributed by atoms with E-state index < -0.39 is 0 Å². The molecule has 20 heavy (non-hydrogen) atoms. The molecule has 3 rings (SSSR count). The third-order valence-corrected chi connectivity index (χ3v) is 3.70. The number of hydrogen-bond donors (Lipinski definition) is 1. The third-order valence-electron chi connectivity index (χ3n) is 3.06. The molecule has 0 radical (unpaired) electrons. The summed E-state index contributed by atoms with van der Waals surface area (Å²) in [6, 6.07) is 14.4. The quantitative estimate of drug-likeness (QED) is 0.699. The number of rotatable bonds is 2. The molecular formula is C16H12BrFN2. The Morgan fingerprint density at radius 2 is 1.85 bits per heavy atom. The molecule has 0 amide bonds. The fourth-order valence-electron chi connectivity index (χ4n) is 2.15. The summed E-state index contributed by atoms with van der Waals surface area (Å²) in [6.45, 7) is 1.92. The van der Waals surface area contributed by atoms with Crippen molar-refractivity contribution in [2.45, 2.75) is 6.92 Å². The van der Waals surface area contributed by atoms with E-state index in [1.54, 1.807) is 18.2 Å². The number of aryl methyl sites for hydroxylation is 1. The van der Waals surface area contributed by atoms with Gasteiger partial charge in [-0.25, -0.2) is 4.39 Å². The fraction of sp³-hybridized carbons (Fsp3) is 0.0625. The predicted octanol–water partition coefficient (Wildman–Crippen LogP) is 5.19. The van der Waals surface area contributed by atoms with Crippen LogP contribution in [0.1, 0.15) is 5.69 Å². The minimum Gasteiger partial charge on any atom is -0.353 e. The molecule has 0 fully saturated rings. The Kier molecular flexibility index (Phi) is 3.40. The zero-order chi connectivity index (χ0) is 14.1. The third kappa shape index (κ3) is 2.39. The van der Waals surface area contributed by atoms with Gasteiger partial charge in [0.15, 0.2) is 0 Å². The number of fused-ring (bicyclic) bond motifs is 1. The summed E-state index contributed by atoms with van der Waals surface area (Å²) in [7, 11) is 0. The van der Waals surface area contributed by atoms with Gasteiger partial charge in [0.25, 0.3) is 0 Å². The molecule has 0 atom stereocenters. The molecule has 0 saturated carbocycles. The largest absolute Gasteiger partial charge is 0.353 e. The van der Waals surface area contributed by atoms with Crippen LogP contribution in [0, 0.1) is 12.7 Å². The Balaban J connectivity index is 2.17. The highest BCUT2D eigenvalue weighted by molar-refractivity contribution is 9.10. The Labute approximate surface area is 124 Å². The fourth-order valence-corrected chi connectivity index (χ4v) is 2.61. The van der Waals surface area contributed by atoms with E-state index in [4.69, 9.17) is 0 Å². The molecule has 0 unspecified atom stereocenters. The molecule has 1 N–H and O–H groups in total. The van der Waals surface area contributed by atoms with Crippen LogP contribution in [0.3, 0.4) is 0 Å². The molecule has 0 bridgehead atoms. The van der Waals surface area contributed by atoms with Crippen molar-refractivity contribution in [1.29, 1.82) is 0 Å². The monoisotopic (exact) mass is 330 g/mol. The molecule has 1 aromatic heterocycles. The molecule has 1 heterocycles. The van der Waals surface area contributed by atoms with Gasteiger partial charge < -0.3 is 5.32 Å². The molecule has 0 aliphatic carbocycles. The zero-order valence-electron chi connectivity index (χ0n) is 10.8. The van der Waals surface area contributed by atoms with Gasteiger partial charge in [0.2, 0.25) is 0 Å². The highest BCUT2D eigenvalue weighted by atomic mass is 79.9. The van der Waals surface area contributed by atoms with Gasteiger partial charge in [-0.2, -0.15) is 0 Å². The number of anilines is 2. The van der Waals surface area contributed by atoms with Crippen LogP contribution in [-0.4, -0.2) is 4.98 Å². The Morgan fingerprint density at radius 3 is 2.65 bits per heavy atom. The second-order valence-corrected chi connectivity index (χ2v) is 5.41. The van der Waals surface area contributed by atoms with Crippen molar-refractivity contribution >= 4 is 38.2 Å². The maximum atomic E-state index is 13.8. The summed E-state index contributed by atoms with van der Waals surface area (Å²) in [6.07, 6.45) is 0. The first-order valence-electron chi connectivity index (χ1n) is 6.22. The van der Waals surface area contributed by atoms with Crippen LogP contribution < -0.4 is 5.32 Å². The van der Waals surface area contributed by atoms with Crippen LogP contribution in [0.2, 0.25) is 0 Å². The average Bonchev–Trinajstić information content (AvgIpc) is 2.42. The summed E-state index contributed by atoms with van der Waals surface area (Å²) in [4.78, 5) is 4.52. The number of pyridine rings is 1. The van der Waals surface area contributed by atoms with E-state index in [2.05, 4.69) is 26.2 Å². The average molecular weight is 331 g/mol. The summed E-state index contributed by atoms with van der Waals surface area (Å²) in [5, 5.41) is 4.10. The van der Waals surface area contributed by atoms with Crippen molar-refractivity contribution in [3.63, 3.8) is 0 Å². The van der Waals surface area contributed by atoms with Crippen molar-refractivity contribution in [1.82, 2.24) is 4.98 Å². The van der Waals surface area contributed by atoms with Gasteiger partial charge in [0, 0.05) is 21.2 Å². The summed E-state index contributed by atoms with van der Waals surface area (Å²) >= 11 is 3.50. The number of aromatic nitrogens is 1. The molecule has 0 aliphatic rings. The van der Waals surface area contributed by atoms with E-state index in [0.29, 0.717) is 5.69 Å². The number of halogens is 2. The Morgan fingerprint density at radius 1 is 1.05 bits per heavy atom. The maximum Gasteiger partial charge on any atom is 0.146 e. The van der Waals surface area contributed by atoms with Gasteiger partial charge >= 0.3 is 0 Å². The lowest BCUT2D eigenvalue weighted by molar-refractivity contribution is 0.632. The lowest BCUT2D eigenvalue weighted by Crippen LogP contribution is -1.97. The molecular weight excluding hydrogens is 319 g/mol. The van der Waals surface area contributed by atoms with Gasteiger partial charge in [-0.05, 0) is 47.1 Å². The van der Waals surface area contributed by atoms with Crippen LogP contribution in [-0.2, 0) is 0 Å². The summed E-state index contributed by atoms with van der Waals surface area (Å²) < 4.78 is 14.7. The van der Waals surface area contributed by atoms with Crippen LogP contribution in [0.4, 0.5) is 15.8 Å². The Bertz CT molecular complexity index is 787. The number of nitrogens with zero attached hydrogens (tertiary/aromatic N) is 1. The Hall–Kier alpha value is -1.94. The first kappa shape index (κ1) is 13.1. The van der Waals surface area contributed by atoms with Crippen molar-refractivity contribution in [2.24, 2.45) is 0 Å². The standard InChI is InChI=1S/C16H12BrFN2/c1-10-9-15(20-14-8-3-2-7-13(14)18)11-5-4-6-12(17)16(11)19-10/h2-9H,1H3,(H,19,20). The number of nitrogens with one attached hydrogen (secondary N) is 1. The highest BCUT2D eigenvalue weighted by Gasteiger charge is 2.08. The molecule has 0 spiro atoms. The van der Waals surface area contributed by atoms with Crippen molar-refractivity contribution in [3.05, 3.63) is 64.5 Å². The normalized spacial score (nSPS) is 10.8. The van der Waals surface area contributed by atoms with E-state index in [-0.39, 0.29) is 5.82 Å². The number of para-hydroxylation sites is 2. The van der Waals surface area contributed by atoms with Gasteiger partial charge in [-0.3, -0.25) is 4.98 Å². The smallest absolute Gasteiger partial charge is 0.146 e. The second kappa shape index (κ2) is 5.21. The van der Waals surface area contributed by atoms with E-state index in [1.807, 2.05) is 31.2 Å². The van der Waals surface area contributed by atoms with Gasteiger partial charge in [0.1, 0.15) is 5.82 Å². The van der Waals surface area contributed by atoms with Gasteiger partial charge in [-0.15, -0.1) is 0 Å². The summed E-state index contributed by atoms with van der Waals surface area (Å²) in [5.41, 5.74) is 3.05. The lowest BCUT2D eigenvalue weighted by atomic mass is 10.1. The first-order valence-corrected chi connectivity index (χ1v) is 7.02. The van der Waals surface area contributed by atoms with Gasteiger partial charge in [-0.1, -0.05) is 24.3 Å². The van der Waals surface area contributed by atoms with E-state index >= 15 is 0 Å². The topological polar surface area (TPSA) is 24.9 Å². The van der Waals surface area contributed by atoms with Crippen LogP contribution in [0.5, 0.6) is 0 Å². The molecule has 2 aromatic carbocycles. The molecule has 3 aromatic rings. The highest BCUT2D eigenvalue weighted by Crippen LogP contribution is 2.31. The summed E-state index contributed by atoms with van der Waals surface area (Å²) in [5.74, 6) is -0.273. The SMILES string of the molecule is Cc1cc(Nc2ccccc2F)c2cccc(Br)c2n1. The molecule has 2 nitrogen and oxygen atoms in total.